The van der Waals surface area contributed by atoms with Crippen LogP contribution in [-0.2, 0) is 4.79 Å². The lowest BCUT2D eigenvalue weighted by atomic mass is 10.4. The van der Waals surface area contributed by atoms with E-state index in [1.807, 2.05) is 0 Å². The van der Waals surface area contributed by atoms with Gasteiger partial charge in [0.1, 0.15) is 5.76 Å². The van der Waals surface area contributed by atoms with E-state index >= 15 is 0 Å². The number of carbonyl (C=O) groups is 1. The molecule has 0 saturated carbocycles. The SMILES string of the molecule is Cc1cc(NC=C(Br)C(=O)C(F)(F)F)no1. The van der Waals surface area contributed by atoms with Gasteiger partial charge in [-0.3, -0.25) is 4.79 Å². The summed E-state index contributed by atoms with van der Waals surface area (Å²) in [7, 11) is 0. The fourth-order valence-electron chi connectivity index (χ4n) is 0.773. The molecular weight excluding hydrogens is 293 g/mol. The van der Waals surface area contributed by atoms with Gasteiger partial charge in [0.2, 0.25) is 0 Å². The second-order valence-electron chi connectivity index (χ2n) is 2.79. The smallest absolute Gasteiger partial charge is 0.360 e. The van der Waals surface area contributed by atoms with E-state index in [4.69, 9.17) is 0 Å². The maximum Gasteiger partial charge on any atom is 0.455 e. The molecule has 0 aliphatic rings. The van der Waals surface area contributed by atoms with Gasteiger partial charge >= 0.3 is 6.18 Å². The Morgan fingerprint density at radius 3 is 2.69 bits per heavy atom. The van der Waals surface area contributed by atoms with Crippen molar-refractivity contribution in [3.63, 3.8) is 0 Å². The molecule has 0 atom stereocenters. The first-order valence-corrected chi connectivity index (χ1v) is 4.77. The van der Waals surface area contributed by atoms with Crippen LogP contribution in [0.25, 0.3) is 0 Å². The number of hydrogen-bond acceptors (Lipinski definition) is 4. The topological polar surface area (TPSA) is 55.1 Å². The van der Waals surface area contributed by atoms with Gasteiger partial charge in [0, 0.05) is 12.3 Å². The summed E-state index contributed by atoms with van der Waals surface area (Å²) in [4.78, 5) is 10.7. The normalized spacial score (nSPS) is 12.7. The fraction of sp³-hybridized carbons (Fsp3) is 0.250. The molecule has 88 valence electrons. The number of ketones is 1. The minimum Gasteiger partial charge on any atom is -0.360 e. The Morgan fingerprint density at radius 1 is 1.62 bits per heavy atom. The molecule has 0 unspecified atom stereocenters. The number of allylic oxidation sites excluding steroid dienone is 1. The molecule has 0 saturated heterocycles. The van der Waals surface area contributed by atoms with Crippen molar-refractivity contribution < 1.29 is 22.5 Å². The minimum atomic E-state index is -4.91. The average Bonchev–Trinajstić information content (AvgIpc) is 2.58. The molecule has 16 heavy (non-hydrogen) atoms. The first-order valence-electron chi connectivity index (χ1n) is 3.98. The largest absolute Gasteiger partial charge is 0.455 e. The Bertz CT molecular complexity index is 425. The Morgan fingerprint density at radius 2 is 2.25 bits per heavy atom. The summed E-state index contributed by atoms with van der Waals surface area (Å²) in [6.07, 6.45) is -4.05. The van der Waals surface area contributed by atoms with Crippen LogP contribution in [0.3, 0.4) is 0 Å². The molecule has 8 heteroatoms. The third-order valence-corrected chi connectivity index (χ3v) is 2.04. The van der Waals surface area contributed by atoms with Crippen LogP contribution < -0.4 is 5.32 Å². The monoisotopic (exact) mass is 298 g/mol. The van der Waals surface area contributed by atoms with Crippen molar-refractivity contribution in [3.05, 3.63) is 22.5 Å². The lowest BCUT2D eigenvalue weighted by Crippen LogP contribution is -2.22. The summed E-state index contributed by atoms with van der Waals surface area (Å²) in [6.45, 7) is 1.62. The number of anilines is 1. The molecule has 0 amide bonds. The van der Waals surface area contributed by atoms with Gasteiger partial charge in [-0.05, 0) is 22.9 Å². The minimum absolute atomic E-state index is 0.212. The number of nitrogens with one attached hydrogen (secondary N) is 1. The van der Waals surface area contributed by atoms with Crippen molar-refractivity contribution in [2.45, 2.75) is 13.1 Å². The van der Waals surface area contributed by atoms with Crippen molar-refractivity contribution in [1.29, 1.82) is 0 Å². The highest BCUT2D eigenvalue weighted by molar-refractivity contribution is 9.12. The standard InChI is InChI=1S/C8H6BrF3N2O2/c1-4-2-6(14-16-4)13-3-5(9)7(15)8(10,11)12/h2-3H,1H3,(H,13,14). The predicted octanol–water partition coefficient (Wildman–Crippen LogP) is 2.76. The molecule has 1 N–H and O–H groups in total. The highest BCUT2D eigenvalue weighted by Crippen LogP contribution is 2.23. The zero-order chi connectivity index (χ0) is 12.3. The molecule has 1 aromatic rings. The molecular formula is C8H6BrF3N2O2. The van der Waals surface area contributed by atoms with E-state index in [9.17, 15) is 18.0 Å². The molecule has 1 aromatic heterocycles. The van der Waals surface area contributed by atoms with Crippen molar-refractivity contribution in [1.82, 2.24) is 5.16 Å². The van der Waals surface area contributed by atoms with Gasteiger partial charge in [-0.1, -0.05) is 5.16 Å². The highest BCUT2D eigenvalue weighted by Gasteiger charge is 2.39. The van der Waals surface area contributed by atoms with Crippen molar-refractivity contribution in [3.8, 4) is 0 Å². The zero-order valence-electron chi connectivity index (χ0n) is 7.93. The van der Waals surface area contributed by atoms with Crippen molar-refractivity contribution >= 4 is 27.5 Å². The maximum absolute atomic E-state index is 11.9. The number of halogens is 4. The van der Waals surface area contributed by atoms with E-state index in [1.54, 1.807) is 6.92 Å². The lowest BCUT2D eigenvalue weighted by Gasteiger charge is -2.03. The Hall–Kier alpha value is -1.31. The third-order valence-electron chi connectivity index (χ3n) is 1.45. The van der Waals surface area contributed by atoms with E-state index in [0.717, 1.165) is 6.20 Å². The summed E-state index contributed by atoms with van der Waals surface area (Å²) >= 11 is 2.51. The quantitative estimate of drug-likeness (QED) is 0.872. The molecule has 0 aliphatic carbocycles. The second-order valence-corrected chi connectivity index (χ2v) is 3.64. The Kier molecular flexibility index (Phi) is 3.74. The van der Waals surface area contributed by atoms with E-state index in [2.05, 4.69) is 30.9 Å². The van der Waals surface area contributed by atoms with Gasteiger partial charge in [0.15, 0.2) is 5.82 Å². The van der Waals surface area contributed by atoms with Crippen LogP contribution in [0.2, 0.25) is 0 Å². The summed E-state index contributed by atoms with van der Waals surface area (Å²) in [6, 6.07) is 1.47. The molecule has 4 nitrogen and oxygen atoms in total. The predicted molar refractivity (Wildman–Crippen MR) is 52.9 cm³/mol. The van der Waals surface area contributed by atoms with Crippen LogP contribution >= 0.6 is 15.9 Å². The summed E-state index contributed by atoms with van der Waals surface area (Å²) in [5.74, 6) is -1.26. The Labute approximate surface area is 96.6 Å². The van der Waals surface area contributed by atoms with E-state index < -0.39 is 16.4 Å². The van der Waals surface area contributed by atoms with Crippen LogP contribution in [0.4, 0.5) is 19.0 Å². The first-order chi connectivity index (χ1) is 7.30. The molecule has 0 radical (unpaired) electrons. The molecule has 0 spiro atoms. The van der Waals surface area contributed by atoms with E-state index in [0.29, 0.717) is 5.76 Å². The number of rotatable bonds is 3. The van der Waals surface area contributed by atoms with Gasteiger partial charge in [-0.15, -0.1) is 0 Å². The van der Waals surface area contributed by atoms with Crippen LogP contribution in [-0.4, -0.2) is 17.1 Å². The van der Waals surface area contributed by atoms with Gasteiger partial charge in [-0.25, -0.2) is 0 Å². The van der Waals surface area contributed by atoms with Gasteiger partial charge in [-0.2, -0.15) is 13.2 Å². The van der Waals surface area contributed by atoms with Crippen LogP contribution in [0.1, 0.15) is 5.76 Å². The molecule has 0 aromatic carbocycles. The fourth-order valence-corrected chi connectivity index (χ4v) is 1.11. The number of nitrogens with zero attached hydrogens (tertiary/aromatic N) is 1. The molecule has 1 heterocycles. The van der Waals surface area contributed by atoms with Crippen molar-refractivity contribution in [2.75, 3.05) is 5.32 Å². The number of aromatic nitrogens is 1. The number of alkyl halides is 3. The summed E-state index contributed by atoms with van der Waals surface area (Å²) < 4.78 is 39.9. The second kappa shape index (κ2) is 4.69. The number of aryl methyl sites for hydroxylation is 1. The van der Waals surface area contributed by atoms with Crippen LogP contribution in [0.5, 0.6) is 0 Å². The number of carbonyl (C=O) groups excluding carboxylic acids is 1. The van der Waals surface area contributed by atoms with Gasteiger partial charge in [0.05, 0.1) is 4.48 Å². The van der Waals surface area contributed by atoms with Crippen molar-refractivity contribution in [2.24, 2.45) is 0 Å². The lowest BCUT2D eigenvalue weighted by molar-refractivity contribution is -0.165. The Balaban J connectivity index is 2.68. The maximum atomic E-state index is 11.9. The molecule has 1 rings (SSSR count). The third kappa shape index (κ3) is 3.37. The molecule has 0 aliphatic heterocycles. The summed E-state index contributed by atoms with van der Waals surface area (Å²) in [5, 5.41) is 5.85. The van der Waals surface area contributed by atoms with Gasteiger partial charge in [0.25, 0.3) is 5.78 Å². The highest BCUT2D eigenvalue weighted by atomic mass is 79.9. The first kappa shape index (κ1) is 12.8. The van der Waals surface area contributed by atoms with Gasteiger partial charge < -0.3 is 9.84 Å². The van der Waals surface area contributed by atoms with Crippen LogP contribution in [0.15, 0.2) is 21.3 Å². The van der Waals surface area contributed by atoms with E-state index in [1.165, 1.54) is 6.07 Å². The summed E-state index contributed by atoms with van der Waals surface area (Å²) in [5.41, 5.74) is 0. The zero-order valence-corrected chi connectivity index (χ0v) is 9.52. The number of hydrogen-bond donors (Lipinski definition) is 1. The number of Topliss-reactive ketones (excluding diaryl/α,β-unsaturated/α-hetero) is 1. The van der Waals surface area contributed by atoms with E-state index in [-0.39, 0.29) is 5.82 Å². The van der Waals surface area contributed by atoms with Crippen LogP contribution in [0, 0.1) is 6.92 Å². The molecule has 0 fully saturated rings. The molecule has 0 bridgehead atoms. The average molecular weight is 299 g/mol.